The maximum absolute atomic E-state index is 11.7. The predicted molar refractivity (Wildman–Crippen MR) is 99.5 cm³/mol. The standard InChI is InChI=1S/C22H26O5/c1-22-11-10-16-15-5-3-14(27-21(26)9-8-20(24)25)12-13(15)2-4-17(16)18(22)6-7-19(22)23/h3,5,8-9,12,16-19,23H,2,4,6-7,10-11H2,1H3,(H,24,25)/b9-8+/t16?,17?,18?,19-,22-/m0/s1. The molecule has 27 heavy (non-hydrogen) atoms. The predicted octanol–water partition coefficient (Wildman–Crippen LogP) is 3.45. The van der Waals surface area contributed by atoms with Crippen LogP contribution in [-0.2, 0) is 16.0 Å². The Kier molecular flexibility index (Phi) is 4.58. The summed E-state index contributed by atoms with van der Waals surface area (Å²) in [6.45, 7) is 2.27. The quantitative estimate of drug-likeness (QED) is 0.484. The van der Waals surface area contributed by atoms with E-state index in [0.717, 1.165) is 50.7 Å². The highest BCUT2D eigenvalue weighted by Gasteiger charge is 2.54. The lowest BCUT2D eigenvalue weighted by Crippen LogP contribution is -2.43. The first kappa shape index (κ1) is 18.2. The average molecular weight is 370 g/mol. The summed E-state index contributed by atoms with van der Waals surface area (Å²) in [5.74, 6) is 0.348. The molecule has 0 heterocycles. The molecule has 5 heteroatoms. The highest BCUT2D eigenvalue weighted by atomic mass is 16.5. The first-order chi connectivity index (χ1) is 12.9. The highest BCUT2D eigenvalue weighted by Crippen LogP contribution is 2.60. The molecule has 2 N–H and O–H groups in total. The number of rotatable bonds is 3. The largest absolute Gasteiger partial charge is 0.478 e. The van der Waals surface area contributed by atoms with Crippen LogP contribution in [0.1, 0.15) is 56.1 Å². The van der Waals surface area contributed by atoms with E-state index in [1.54, 1.807) is 0 Å². The minimum Gasteiger partial charge on any atom is -0.478 e. The maximum Gasteiger partial charge on any atom is 0.336 e. The fraction of sp³-hybridized carbons (Fsp3) is 0.545. The monoisotopic (exact) mass is 370 g/mol. The lowest BCUT2D eigenvalue weighted by Gasteiger charge is -2.50. The van der Waals surface area contributed by atoms with Gasteiger partial charge in [-0.1, -0.05) is 13.0 Å². The summed E-state index contributed by atoms with van der Waals surface area (Å²) < 4.78 is 5.24. The SMILES string of the molecule is C[C@]12CCC3c4ccc(OC(=O)/C=C/C(=O)O)cc4CCC3C1CC[C@@H]2O. The summed E-state index contributed by atoms with van der Waals surface area (Å²) in [5.41, 5.74) is 2.66. The molecule has 1 aromatic rings. The molecule has 4 rings (SSSR count). The third-order valence-corrected chi connectivity index (χ3v) is 7.23. The lowest BCUT2D eigenvalue weighted by molar-refractivity contribution is -0.133. The Labute approximate surface area is 159 Å². The van der Waals surface area contributed by atoms with E-state index in [-0.39, 0.29) is 11.5 Å². The number of hydrogen-bond acceptors (Lipinski definition) is 4. The Morgan fingerprint density at radius 1 is 1.19 bits per heavy atom. The van der Waals surface area contributed by atoms with Crippen LogP contribution >= 0.6 is 0 Å². The molecule has 0 aromatic heterocycles. The molecule has 0 spiro atoms. The molecular formula is C22H26O5. The smallest absolute Gasteiger partial charge is 0.336 e. The second-order valence-corrected chi connectivity index (χ2v) is 8.51. The number of carboxylic acid groups (broad SMARTS) is 1. The van der Waals surface area contributed by atoms with Gasteiger partial charge in [-0.05, 0) is 85.0 Å². The van der Waals surface area contributed by atoms with Crippen molar-refractivity contribution in [3.05, 3.63) is 41.5 Å². The number of aliphatic carboxylic acids is 1. The number of carbonyl (C=O) groups is 2. The van der Waals surface area contributed by atoms with E-state index < -0.39 is 11.9 Å². The van der Waals surface area contributed by atoms with Gasteiger partial charge >= 0.3 is 11.9 Å². The molecule has 2 saturated carbocycles. The molecule has 5 nitrogen and oxygen atoms in total. The van der Waals surface area contributed by atoms with E-state index in [2.05, 4.69) is 13.0 Å². The van der Waals surface area contributed by atoms with Crippen LogP contribution in [-0.4, -0.2) is 28.3 Å². The minimum atomic E-state index is -1.18. The zero-order valence-electron chi connectivity index (χ0n) is 15.6. The van der Waals surface area contributed by atoms with Crippen molar-refractivity contribution >= 4 is 11.9 Å². The Bertz CT molecular complexity index is 798. The van der Waals surface area contributed by atoms with Crippen molar-refractivity contribution in [1.29, 1.82) is 0 Å². The van der Waals surface area contributed by atoms with E-state index in [9.17, 15) is 14.7 Å². The normalized spacial score (nSPS) is 34.6. The van der Waals surface area contributed by atoms with Gasteiger partial charge < -0.3 is 14.9 Å². The van der Waals surface area contributed by atoms with Crippen molar-refractivity contribution in [2.45, 2.75) is 57.5 Å². The number of aryl methyl sites for hydroxylation is 1. The third kappa shape index (κ3) is 3.18. The van der Waals surface area contributed by atoms with E-state index >= 15 is 0 Å². The Morgan fingerprint density at radius 2 is 2.00 bits per heavy atom. The van der Waals surface area contributed by atoms with Crippen LogP contribution in [0.3, 0.4) is 0 Å². The van der Waals surface area contributed by atoms with Gasteiger partial charge in [0.1, 0.15) is 5.75 Å². The van der Waals surface area contributed by atoms with Crippen LogP contribution < -0.4 is 4.74 Å². The van der Waals surface area contributed by atoms with Crippen molar-refractivity contribution in [2.75, 3.05) is 0 Å². The average Bonchev–Trinajstić information content (AvgIpc) is 2.94. The van der Waals surface area contributed by atoms with Crippen LogP contribution in [0.5, 0.6) is 5.75 Å². The fourth-order valence-corrected chi connectivity index (χ4v) is 5.88. The Balaban J connectivity index is 1.53. The summed E-state index contributed by atoms with van der Waals surface area (Å²) in [6, 6.07) is 5.81. The van der Waals surface area contributed by atoms with Crippen LogP contribution in [0.15, 0.2) is 30.4 Å². The van der Waals surface area contributed by atoms with E-state index in [0.29, 0.717) is 23.5 Å². The van der Waals surface area contributed by atoms with Gasteiger partial charge in [0.2, 0.25) is 0 Å². The lowest BCUT2D eigenvalue weighted by atomic mass is 9.55. The summed E-state index contributed by atoms with van der Waals surface area (Å²) >= 11 is 0. The molecule has 1 aromatic carbocycles. The fourth-order valence-electron chi connectivity index (χ4n) is 5.88. The van der Waals surface area contributed by atoms with E-state index in [4.69, 9.17) is 9.84 Å². The van der Waals surface area contributed by atoms with Crippen molar-refractivity contribution in [3.63, 3.8) is 0 Å². The first-order valence-corrected chi connectivity index (χ1v) is 9.82. The molecule has 0 aliphatic heterocycles. The first-order valence-electron chi connectivity index (χ1n) is 9.82. The van der Waals surface area contributed by atoms with E-state index in [1.165, 1.54) is 11.1 Å². The molecule has 0 saturated heterocycles. The zero-order valence-corrected chi connectivity index (χ0v) is 15.6. The number of carbonyl (C=O) groups excluding carboxylic acids is 1. The molecule has 0 bridgehead atoms. The molecule has 144 valence electrons. The second-order valence-electron chi connectivity index (χ2n) is 8.51. The molecule has 0 radical (unpaired) electrons. The molecule has 5 atom stereocenters. The molecular weight excluding hydrogens is 344 g/mol. The van der Waals surface area contributed by atoms with Gasteiger partial charge in [-0.15, -0.1) is 0 Å². The topological polar surface area (TPSA) is 83.8 Å². The van der Waals surface area contributed by atoms with Gasteiger partial charge in [0.05, 0.1) is 6.10 Å². The number of ether oxygens (including phenoxy) is 1. The van der Waals surface area contributed by atoms with Crippen LogP contribution in [0.4, 0.5) is 0 Å². The Hall–Kier alpha value is -2.14. The van der Waals surface area contributed by atoms with Crippen molar-refractivity contribution in [2.24, 2.45) is 17.3 Å². The van der Waals surface area contributed by atoms with Crippen molar-refractivity contribution < 1.29 is 24.5 Å². The van der Waals surface area contributed by atoms with Gasteiger partial charge in [0.15, 0.2) is 0 Å². The van der Waals surface area contributed by atoms with Gasteiger partial charge in [0, 0.05) is 12.2 Å². The maximum atomic E-state index is 11.7. The summed E-state index contributed by atoms with van der Waals surface area (Å²) in [4.78, 5) is 22.2. The number of aliphatic hydroxyl groups is 1. The number of benzene rings is 1. The Morgan fingerprint density at radius 3 is 2.78 bits per heavy atom. The second kappa shape index (κ2) is 6.79. The van der Waals surface area contributed by atoms with Gasteiger partial charge in [-0.25, -0.2) is 9.59 Å². The van der Waals surface area contributed by atoms with Gasteiger partial charge in [0.25, 0.3) is 0 Å². The van der Waals surface area contributed by atoms with Gasteiger partial charge in [-0.3, -0.25) is 0 Å². The molecule has 3 unspecified atom stereocenters. The molecule has 0 amide bonds. The van der Waals surface area contributed by atoms with Crippen molar-refractivity contribution in [3.8, 4) is 5.75 Å². The summed E-state index contributed by atoms with van der Waals surface area (Å²) in [7, 11) is 0. The number of hydrogen-bond donors (Lipinski definition) is 2. The molecule has 2 fully saturated rings. The summed E-state index contributed by atoms with van der Waals surface area (Å²) in [5, 5.41) is 19.1. The number of aliphatic hydroxyl groups excluding tert-OH is 1. The highest BCUT2D eigenvalue weighted by molar-refractivity contribution is 5.91. The van der Waals surface area contributed by atoms with Crippen LogP contribution in [0.2, 0.25) is 0 Å². The third-order valence-electron chi connectivity index (χ3n) is 7.23. The number of carboxylic acids is 1. The number of esters is 1. The summed E-state index contributed by atoms with van der Waals surface area (Å²) in [6.07, 6.45) is 7.82. The van der Waals surface area contributed by atoms with Crippen LogP contribution in [0, 0.1) is 17.3 Å². The molecule has 3 aliphatic carbocycles. The minimum absolute atomic E-state index is 0.0740. The zero-order chi connectivity index (χ0) is 19.2. The molecule has 3 aliphatic rings. The van der Waals surface area contributed by atoms with E-state index in [1.807, 2.05) is 12.1 Å². The van der Waals surface area contributed by atoms with Gasteiger partial charge in [-0.2, -0.15) is 0 Å². The van der Waals surface area contributed by atoms with Crippen molar-refractivity contribution in [1.82, 2.24) is 0 Å². The number of fused-ring (bicyclic) bond motifs is 5. The van der Waals surface area contributed by atoms with Crippen LogP contribution in [0.25, 0.3) is 0 Å².